The van der Waals surface area contributed by atoms with Crippen LogP contribution in [-0.2, 0) is 0 Å². The van der Waals surface area contributed by atoms with Gasteiger partial charge in [-0.05, 0) is 60.7 Å². The molecule has 6 nitrogen and oxygen atoms in total. The van der Waals surface area contributed by atoms with Crippen LogP contribution in [0.4, 0.5) is 21.9 Å². The van der Waals surface area contributed by atoms with Gasteiger partial charge in [0.1, 0.15) is 0 Å². The van der Waals surface area contributed by atoms with Crippen LogP contribution >= 0.6 is 11.6 Å². The smallest absolute Gasteiger partial charge is 0.308 e. The summed E-state index contributed by atoms with van der Waals surface area (Å²) >= 11 is 5.82. The fourth-order valence-corrected chi connectivity index (χ4v) is 3.07. The van der Waals surface area contributed by atoms with E-state index in [0.717, 1.165) is 4.90 Å². The maximum atomic E-state index is 12.5. The van der Waals surface area contributed by atoms with Crippen LogP contribution in [0.5, 0.6) is 0 Å². The van der Waals surface area contributed by atoms with E-state index in [2.05, 4.69) is 10.6 Å². The van der Waals surface area contributed by atoms with E-state index >= 15 is 0 Å². The third-order valence-corrected chi connectivity index (χ3v) is 4.53. The zero-order chi connectivity index (χ0) is 19.7. The summed E-state index contributed by atoms with van der Waals surface area (Å²) < 4.78 is 0. The van der Waals surface area contributed by atoms with Crippen LogP contribution in [0.3, 0.4) is 0 Å². The monoisotopic (exact) mass is 391 g/mol. The number of hydrogen-bond donors (Lipinski definition) is 2. The molecule has 7 heteroatoms. The summed E-state index contributed by atoms with van der Waals surface area (Å²) in [6, 6.07) is 19.5. The van der Waals surface area contributed by atoms with Crippen molar-refractivity contribution in [1.82, 2.24) is 0 Å². The van der Waals surface area contributed by atoms with Gasteiger partial charge in [-0.1, -0.05) is 23.7 Å². The standard InChI is InChI=1S/C21H14ClN3O3/c22-13-5-7-14(8-6-13)23-21(28)24-15-9-11-16(12-10-15)25-19(26)17-3-1-2-4-18(17)20(25)27/h1-12H,(H2,23,24,28). The topological polar surface area (TPSA) is 78.5 Å². The molecule has 28 heavy (non-hydrogen) atoms. The third kappa shape index (κ3) is 3.33. The normalized spacial score (nSPS) is 12.7. The van der Waals surface area contributed by atoms with E-state index in [1.54, 1.807) is 72.8 Å². The molecule has 138 valence electrons. The molecule has 0 unspecified atom stereocenters. The number of rotatable bonds is 3. The number of benzene rings is 3. The molecule has 0 spiro atoms. The molecular formula is C21H14ClN3O3. The Balaban J connectivity index is 1.46. The average Bonchev–Trinajstić information content (AvgIpc) is 2.95. The van der Waals surface area contributed by atoms with Crippen molar-refractivity contribution >= 4 is 46.5 Å². The molecule has 0 fully saturated rings. The summed E-state index contributed by atoms with van der Waals surface area (Å²) in [4.78, 5) is 38.2. The molecule has 0 radical (unpaired) electrons. The SMILES string of the molecule is O=C(Nc1ccc(Cl)cc1)Nc1ccc(N2C(=O)c3ccccc3C2=O)cc1. The molecule has 0 aliphatic carbocycles. The Labute approximate surface area is 165 Å². The Morgan fingerprint density at radius 1 is 0.714 bits per heavy atom. The van der Waals surface area contributed by atoms with E-state index < -0.39 is 6.03 Å². The van der Waals surface area contributed by atoms with E-state index in [0.29, 0.717) is 33.2 Å². The summed E-state index contributed by atoms with van der Waals surface area (Å²) in [5, 5.41) is 5.96. The predicted octanol–water partition coefficient (Wildman–Crippen LogP) is 4.78. The number of nitrogens with one attached hydrogen (secondary N) is 2. The van der Waals surface area contributed by atoms with Crippen LogP contribution in [-0.4, -0.2) is 17.8 Å². The van der Waals surface area contributed by atoms with Gasteiger partial charge in [-0.2, -0.15) is 0 Å². The number of urea groups is 1. The number of nitrogens with zero attached hydrogens (tertiary/aromatic N) is 1. The number of carbonyl (C=O) groups is 3. The third-order valence-electron chi connectivity index (χ3n) is 4.28. The number of carbonyl (C=O) groups excluding carboxylic acids is 3. The number of anilines is 3. The lowest BCUT2D eigenvalue weighted by Crippen LogP contribution is -2.29. The minimum atomic E-state index is -0.421. The summed E-state index contributed by atoms with van der Waals surface area (Å²) in [6.07, 6.45) is 0. The Kier molecular flexibility index (Phi) is 4.55. The first-order chi connectivity index (χ1) is 13.5. The van der Waals surface area contributed by atoms with Crippen LogP contribution in [0.15, 0.2) is 72.8 Å². The van der Waals surface area contributed by atoms with E-state index in [4.69, 9.17) is 11.6 Å². The maximum Gasteiger partial charge on any atom is 0.323 e. The second-order valence-corrected chi connectivity index (χ2v) is 6.56. The van der Waals surface area contributed by atoms with Crippen LogP contribution in [0.1, 0.15) is 20.7 Å². The van der Waals surface area contributed by atoms with E-state index in [1.807, 2.05) is 0 Å². The highest BCUT2D eigenvalue weighted by atomic mass is 35.5. The Hall–Kier alpha value is -3.64. The molecule has 0 saturated carbocycles. The molecule has 3 aromatic carbocycles. The summed E-state index contributed by atoms with van der Waals surface area (Å²) in [6.45, 7) is 0. The van der Waals surface area contributed by atoms with Gasteiger partial charge in [0.25, 0.3) is 11.8 Å². The number of hydrogen-bond acceptors (Lipinski definition) is 3. The van der Waals surface area contributed by atoms with Crippen molar-refractivity contribution in [2.24, 2.45) is 0 Å². The van der Waals surface area contributed by atoms with Crippen LogP contribution in [0.2, 0.25) is 5.02 Å². The molecule has 3 aromatic rings. The van der Waals surface area contributed by atoms with Crippen molar-refractivity contribution in [1.29, 1.82) is 0 Å². The molecule has 4 amide bonds. The Bertz CT molecular complexity index is 1040. The summed E-state index contributed by atoms with van der Waals surface area (Å²) in [7, 11) is 0. The fraction of sp³-hybridized carbons (Fsp3) is 0. The van der Waals surface area contributed by atoms with Gasteiger partial charge in [-0.3, -0.25) is 9.59 Å². The van der Waals surface area contributed by atoms with Gasteiger partial charge in [0.05, 0.1) is 16.8 Å². The first-order valence-corrected chi connectivity index (χ1v) is 8.82. The zero-order valence-electron chi connectivity index (χ0n) is 14.5. The highest BCUT2D eigenvalue weighted by molar-refractivity contribution is 6.34. The fourth-order valence-electron chi connectivity index (χ4n) is 2.94. The molecule has 1 aliphatic heterocycles. The van der Waals surface area contributed by atoms with Gasteiger partial charge < -0.3 is 10.6 Å². The summed E-state index contributed by atoms with van der Waals surface area (Å²) in [5.74, 6) is -0.719. The summed E-state index contributed by atoms with van der Waals surface area (Å²) in [5.41, 5.74) is 2.33. The van der Waals surface area contributed by atoms with Gasteiger partial charge in [0.15, 0.2) is 0 Å². The number of fused-ring (bicyclic) bond motifs is 1. The Morgan fingerprint density at radius 2 is 1.18 bits per heavy atom. The zero-order valence-corrected chi connectivity index (χ0v) is 15.2. The van der Waals surface area contributed by atoms with E-state index in [9.17, 15) is 14.4 Å². The van der Waals surface area contributed by atoms with E-state index in [1.165, 1.54) is 0 Å². The lowest BCUT2D eigenvalue weighted by atomic mass is 10.1. The van der Waals surface area contributed by atoms with Crippen LogP contribution in [0, 0.1) is 0 Å². The molecule has 4 rings (SSSR count). The molecule has 0 atom stereocenters. The molecule has 0 saturated heterocycles. The minimum absolute atomic E-state index is 0.359. The van der Waals surface area contributed by atoms with Gasteiger partial charge >= 0.3 is 6.03 Å². The number of amides is 4. The lowest BCUT2D eigenvalue weighted by Gasteiger charge is -2.14. The van der Waals surface area contributed by atoms with Crippen molar-refractivity contribution in [2.75, 3.05) is 15.5 Å². The quantitative estimate of drug-likeness (QED) is 0.630. The van der Waals surface area contributed by atoms with Gasteiger partial charge in [0, 0.05) is 16.4 Å². The van der Waals surface area contributed by atoms with Crippen molar-refractivity contribution < 1.29 is 14.4 Å². The molecule has 2 N–H and O–H groups in total. The van der Waals surface area contributed by atoms with Crippen molar-refractivity contribution in [3.05, 3.63) is 88.9 Å². The van der Waals surface area contributed by atoms with Gasteiger partial charge in [-0.15, -0.1) is 0 Å². The lowest BCUT2D eigenvalue weighted by molar-refractivity contribution is 0.0926. The molecule has 0 aromatic heterocycles. The number of halogens is 1. The van der Waals surface area contributed by atoms with Crippen molar-refractivity contribution in [3.63, 3.8) is 0 Å². The highest BCUT2D eigenvalue weighted by Crippen LogP contribution is 2.29. The van der Waals surface area contributed by atoms with Crippen molar-refractivity contribution in [2.45, 2.75) is 0 Å². The molecular weight excluding hydrogens is 378 g/mol. The second-order valence-electron chi connectivity index (χ2n) is 6.12. The van der Waals surface area contributed by atoms with Crippen molar-refractivity contribution in [3.8, 4) is 0 Å². The maximum absolute atomic E-state index is 12.5. The molecule has 0 bridgehead atoms. The first-order valence-electron chi connectivity index (χ1n) is 8.44. The number of imide groups is 1. The average molecular weight is 392 g/mol. The second kappa shape index (κ2) is 7.17. The minimum Gasteiger partial charge on any atom is -0.308 e. The predicted molar refractivity (Wildman–Crippen MR) is 108 cm³/mol. The largest absolute Gasteiger partial charge is 0.323 e. The van der Waals surface area contributed by atoms with Crippen LogP contribution in [0.25, 0.3) is 0 Å². The molecule has 1 heterocycles. The van der Waals surface area contributed by atoms with Crippen LogP contribution < -0.4 is 15.5 Å². The van der Waals surface area contributed by atoms with Gasteiger partial charge in [-0.25, -0.2) is 9.69 Å². The van der Waals surface area contributed by atoms with E-state index in [-0.39, 0.29) is 11.8 Å². The molecule has 1 aliphatic rings. The highest BCUT2D eigenvalue weighted by Gasteiger charge is 2.36. The first kappa shape index (κ1) is 17.8. The Morgan fingerprint density at radius 3 is 1.68 bits per heavy atom. The van der Waals surface area contributed by atoms with Gasteiger partial charge in [0.2, 0.25) is 0 Å².